The predicted molar refractivity (Wildman–Crippen MR) is 66.1 cm³/mol. The number of aromatic nitrogens is 1. The summed E-state index contributed by atoms with van der Waals surface area (Å²) in [7, 11) is 0. The van der Waals surface area contributed by atoms with Gasteiger partial charge in [-0.2, -0.15) is 0 Å². The Kier molecular flexibility index (Phi) is 3.14. The summed E-state index contributed by atoms with van der Waals surface area (Å²) in [5, 5.41) is 21.7. The van der Waals surface area contributed by atoms with Crippen molar-refractivity contribution in [3.63, 3.8) is 0 Å². The molecule has 0 fully saturated rings. The van der Waals surface area contributed by atoms with Gasteiger partial charge >= 0.3 is 0 Å². The van der Waals surface area contributed by atoms with E-state index in [1.807, 2.05) is 13.0 Å². The Morgan fingerprint density at radius 2 is 1.94 bits per heavy atom. The summed E-state index contributed by atoms with van der Waals surface area (Å²) in [6, 6.07) is 6.75. The topological polar surface area (TPSA) is 65.4 Å². The molecule has 0 spiro atoms. The number of aromatic hydroxyl groups is 2. The lowest BCUT2D eigenvalue weighted by molar-refractivity contribution is 0.403. The van der Waals surface area contributed by atoms with Crippen LogP contribution in [0.25, 0.3) is 0 Å². The zero-order valence-electron chi connectivity index (χ0n) is 9.51. The van der Waals surface area contributed by atoms with Crippen molar-refractivity contribution in [3.05, 3.63) is 47.8 Å². The Hall–Kier alpha value is -2.23. The number of aryl methyl sites for hydroxylation is 1. The average Bonchev–Trinajstić information content (AvgIpc) is 2.31. The number of pyridine rings is 1. The SMILES string of the molecule is Cc1cncc(NCc2ccc(O)c(O)c2)c1. The number of hydrogen-bond donors (Lipinski definition) is 3. The second-order valence-corrected chi connectivity index (χ2v) is 3.93. The van der Waals surface area contributed by atoms with Gasteiger partial charge in [0.05, 0.1) is 5.69 Å². The highest BCUT2D eigenvalue weighted by Crippen LogP contribution is 2.25. The fourth-order valence-corrected chi connectivity index (χ4v) is 1.53. The highest BCUT2D eigenvalue weighted by Gasteiger charge is 2.00. The molecular weight excluding hydrogens is 216 g/mol. The molecule has 2 aromatic rings. The van der Waals surface area contributed by atoms with Gasteiger partial charge in [0, 0.05) is 18.9 Å². The van der Waals surface area contributed by atoms with Crippen LogP contribution in [0, 0.1) is 6.92 Å². The van der Waals surface area contributed by atoms with Crippen LogP contribution in [0.4, 0.5) is 5.69 Å². The highest BCUT2D eigenvalue weighted by atomic mass is 16.3. The fourth-order valence-electron chi connectivity index (χ4n) is 1.53. The van der Waals surface area contributed by atoms with Gasteiger partial charge in [-0.3, -0.25) is 4.98 Å². The third kappa shape index (κ3) is 2.87. The monoisotopic (exact) mass is 230 g/mol. The van der Waals surface area contributed by atoms with Crippen molar-refractivity contribution in [1.82, 2.24) is 4.98 Å². The van der Waals surface area contributed by atoms with E-state index in [2.05, 4.69) is 10.3 Å². The molecule has 0 aliphatic carbocycles. The van der Waals surface area contributed by atoms with Gasteiger partial charge in [-0.1, -0.05) is 6.07 Å². The summed E-state index contributed by atoms with van der Waals surface area (Å²) in [6.07, 6.45) is 3.53. The molecule has 1 aromatic carbocycles. The minimum atomic E-state index is -0.106. The van der Waals surface area contributed by atoms with Crippen LogP contribution in [-0.2, 0) is 6.54 Å². The molecular formula is C13H14N2O2. The normalized spacial score (nSPS) is 10.2. The lowest BCUT2D eigenvalue weighted by Crippen LogP contribution is -1.99. The van der Waals surface area contributed by atoms with Gasteiger partial charge in [-0.15, -0.1) is 0 Å². The average molecular weight is 230 g/mol. The first-order valence-corrected chi connectivity index (χ1v) is 5.31. The maximum absolute atomic E-state index is 9.35. The number of benzene rings is 1. The van der Waals surface area contributed by atoms with E-state index in [0.717, 1.165) is 16.8 Å². The zero-order chi connectivity index (χ0) is 12.3. The Labute approximate surface area is 99.6 Å². The van der Waals surface area contributed by atoms with Gasteiger partial charge in [-0.25, -0.2) is 0 Å². The lowest BCUT2D eigenvalue weighted by atomic mass is 10.2. The molecule has 0 unspecified atom stereocenters. The minimum absolute atomic E-state index is 0.105. The van der Waals surface area contributed by atoms with Crippen molar-refractivity contribution in [2.75, 3.05) is 5.32 Å². The lowest BCUT2D eigenvalue weighted by Gasteiger charge is -2.07. The van der Waals surface area contributed by atoms with Crippen molar-refractivity contribution in [2.45, 2.75) is 13.5 Å². The van der Waals surface area contributed by atoms with Gasteiger partial charge in [0.15, 0.2) is 11.5 Å². The van der Waals surface area contributed by atoms with Crippen LogP contribution in [-0.4, -0.2) is 15.2 Å². The van der Waals surface area contributed by atoms with Crippen LogP contribution in [0.3, 0.4) is 0 Å². The first-order chi connectivity index (χ1) is 8.15. The quantitative estimate of drug-likeness (QED) is 0.708. The minimum Gasteiger partial charge on any atom is -0.504 e. The van der Waals surface area contributed by atoms with Crippen LogP contribution in [0.5, 0.6) is 11.5 Å². The number of hydrogen-bond acceptors (Lipinski definition) is 4. The number of nitrogens with zero attached hydrogens (tertiary/aromatic N) is 1. The molecule has 1 heterocycles. The standard InChI is InChI=1S/C13H14N2O2/c1-9-4-11(8-14-6-9)15-7-10-2-3-12(16)13(17)5-10/h2-6,8,15-17H,7H2,1H3. The molecule has 0 atom stereocenters. The summed E-state index contributed by atoms with van der Waals surface area (Å²) in [6.45, 7) is 2.55. The molecule has 0 aliphatic heterocycles. The van der Waals surface area contributed by atoms with Crippen molar-refractivity contribution in [2.24, 2.45) is 0 Å². The van der Waals surface area contributed by atoms with Gasteiger partial charge in [0.1, 0.15) is 0 Å². The smallest absolute Gasteiger partial charge is 0.157 e. The summed E-state index contributed by atoms with van der Waals surface area (Å²) in [4.78, 5) is 4.08. The van der Waals surface area contributed by atoms with E-state index in [1.54, 1.807) is 18.5 Å². The molecule has 4 heteroatoms. The Morgan fingerprint density at radius 1 is 1.12 bits per heavy atom. The number of phenols is 2. The largest absolute Gasteiger partial charge is 0.504 e. The number of rotatable bonds is 3. The van der Waals surface area contributed by atoms with Crippen LogP contribution >= 0.6 is 0 Å². The molecule has 1 aromatic heterocycles. The summed E-state index contributed by atoms with van der Waals surface area (Å²) in [5.41, 5.74) is 2.91. The number of anilines is 1. The maximum Gasteiger partial charge on any atom is 0.157 e. The first kappa shape index (κ1) is 11.3. The van der Waals surface area contributed by atoms with E-state index in [-0.39, 0.29) is 11.5 Å². The summed E-state index contributed by atoms with van der Waals surface area (Å²) < 4.78 is 0. The molecule has 0 radical (unpaired) electrons. The number of phenolic OH excluding ortho intramolecular Hbond substituents is 2. The van der Waals surface area contributed by atoms with Crippen molar-refractivity contribution in [3.8, 4) is 11.5 Å². The van der Waals surface area contributed by atoms with Crippen LogP contribution < -0.4 is 5.32 Å². The molecule has 3 N–H and O–H groups in total. The Balaban J connectivity index is 2.05. The molecule has 2 rings (SSSR count). The Bertz CT molecular complexity index is 527. The van der Waals surface area contributed by atoms with Crippen molar-refractivity contribution >= 4 is 5.69 Å². The van der Waals surface area contributed by atoms with E-state index in [9.17, 15) is 10.2 Å². The summed E-state index contributed by atoms with van der Waals surface area (Å²) in [5.74, 6) is -0.211. The second kappa shape index (κ2) is 4.74. The molecule has 0 saturated heterocycles. The predicted octanol–water partition coefficient (Wildman–Crippen LogP) is 2.41. The van der Waals surface area contributed by atoms with Gasteiger partial charge in [0.2, 0.25) is 0 Å². The van der Waals surface area contributed by atoms with Crippen LogP contribution in [0.2, 0.25) is 0 Å². The molecule has 4 nitrogen and oxygen atoms in total. The van der Waals surface area contributed by atoms with E-state index in [0.29, 0.717) is 6.54 Å². The van der Waals surface area contributed by atoms with Gasteiger partial charge < -0.3 is 15.5 Å². The molecule has 17 heavy (non-hydrogen) atoms. The second-order valence-electron chi connectivity index (χ2n) is 3.93. The van der Waals surface area contributed by atoms with E-state index in [1.165, 1.54) is 12.1 Å². The highest BCUT2D eigenvalue weighted by molar-refractivity contribution is 5.45. The van der Waals surface area contributed by atoms with Crippen LogP contribution in [0.15, 0.2) is 36.7 Å². The summed E-state index contributed by atoms with van der Waals surface area (Å²) >= 11 is 0. The maximum atomic E-state index is 9.35. The van der Waals surface area contributed by atoms with Crippen molar-refractivity contribution < 1.29 is 10.2 Å². The number of nitrogens with one attached hydrogen (secondary N) is 1. The fraction of sp³-hybridized carbons (Fsp3) is 0.154. The van der Waals surface area contributed by atoms with Gasteiger partial charge in [-0.05, 0) is 36.2 Å². The molecule has 0 bridgehead atoms. The van der Waals surface area contributed by atoms with Gasteiger partial charge in [0.25, 0.3) is 0 Å². The zero-order valence-corrected chi connectivity index (χ0v) is 9.51. The van der Waals surface area contributed by atoms with Crippen molar-refractivity contribution in [1.29, 1.82) is 0 Å². The van der Waals surface area contributed by atoms with E-state index >= 15 is 0 Å². The van der Waals surface area contributed by atoms with E-state index in [4.69, 9.17) is 0 Å². The molecule has 88 valence electrons. The van der Waals surface area contributed by atoms with E-state index < -0.39 is 0 Å². The molecule has 0 aliphatic rings. The molecule has 0 amide bonds. The first-order valence-electron chi connectivity index (χ1n) is 5.31. The Morgan fingerprint density at radius 3 is 2.65 bits per heavy atom. The third-order valence-electron chi connectivity index (χ3n) is 2.41. The third-order valence-corrected chi connectivity index (χ3v) is 2.41. The molecule has 0 saturated carbocycles. The van der Waals surface area contributed by atoms with Crippen LogP contribution in [0.1, 0.15) is 11.1 Å².